The maximum atomic E-state index is 12.7. The molecule has 33 heavy (non-hydrogen) atoms. The summed E-state index contributed by atoms with van der Waals surface area (Å²) in [6, 6.07) is 10.3. The lowest BCUT2D eigenvalue weighted by Crippen LogP contribution is -2.50. The summed E-state index contributed by atoms with van der Waals surface area (Å²) in [5, 5.41) is 5.55. The van der Waals surface area contributed by atoms with Crippen LogP contribution in [0.4, 0.5) is 5.82 Å². The first-order chi connectivity index (χ1) is 15.9. The molecule has 1 unspecified atom stereocenters. The summed E-state index contributed by atoms with van der Waals surface area (Å²) in [5.74, 6) is 0.525. The molecule has 0 spiro atoms. The number of hydrogen-bond donors (Lipinski definition) is 2. The smallest absolute Gasteiger partial charge is 0.244 e. The number of benzene rings is 1. The largest absolute Gasteiger partial charge is 0.497 e. The Hall–Kier alpha value is -3.68. The minimum Gasteiger partial charge on any atom is -0.497 e. The van der Waals surface area contributed by atoms with Crippen LogP contribution in [0.5, 0.6) is 5.75 Å². The van der Waals surface area contributed by atoms with Gasteiger partial charge in [0.2, 0.25) is 17.7 Å². The Morgan fingerprint density at radius 2 is 1.82 bits per heavy atom. The van der Waals surface area contributed by atoms with Crippen LogP contribution in [0.2, 0.25) is 0 Å². The van der Waals surface area contributed by atoms with Crippen molar-refractivity contribution in [3.8, 4) is 5.75 Å². The number of pyridine rings is 1. The van der Waals surface area contributed by atoms with E-state index in [1.807, 2.05) is 37.3 Å². The van der Waals surface area contributed by atoms with Crippen LogP contribution in [0.15, 0.2) is 48.7 Å². The van der Waals surface area contributed by atoms with E-state index >= 15 is 0 Å². The highest BCUT2D eigenvalue weighted by Crippen LogP contribution is 2.20. The van der Waals surface area contributed by atoms with Crippen LogP contribution >= 0.6 is 0 Å². The number of anilines is 1. The van der Waals surface area contributed by atoms with Gasteiger partial charge < -0.3 is 20.3 Å². The van der Waals surface area contributed by atoms with Crippen molar-refractivity contribution in [1.29, 1.82) is 0 Å². The topological polar surface area (TPSA) is 101 Å². The first-order valence-corrected chi connectivity index (χ1v) is 11.0. The zero-order valence-corrected chi connectivity index (χ0v) is 19.2. The van der Waals surface area contributed by atoms with Gasteiger partial charge in [-0.3, -0.25) is 14.4 Å². The van der Waals surface area contributed by atoms with Crippen molar-refractivity contribution in [3.05, 3.63) is 59.8 Å². The zero-order chi connectivity index (χ0) is 23.8. The number of nitrogens with zero attached hydrogens (tertiary/aromatic N) is 2. The Balaban J connectivity index is 1.44. The lowest BCUT2D eigenvalue weighted by molar-refractivity contribution is -0.137. The van der Waals surface area contributed by atoms with Gasteiger partial charge in [0, 0.05) is 31.3 Å². The van der Waals surface area contributed by atoms with Crippen LogP contribution in [0.3, 0.4) is 0 Å². The fourth-order valence-electron chi connectivity index (χ4n) is 3.62. The number of likely N-dealkylation sites (tertiary alicyclic amines) is 1. The molecule has 2 N–H and O–H groups in total. The van der Waals surface area contributed by atoms with Gasteiger partial charge >= 0.3 is 0 Å². The average Bonchev–Trinajstić information content (AvgIpc) is 2.84. The molecule has 1 aromatic carbocycles. The van der Waals surface area contributed by atoms with E-state index in [1.54, 1.807) is 37.3 Å². The Bertz CT molecular complexity index is 994. The highest BCUT2D eigenvalue weighted by Gasteiger charge is 2.29. The van der Waals surface area contributed by atoms with Gasteiger partial charge in [0.25, 0.3) is 0 Å². The van der Waals surface area contributed by atoms with Crippen molar-refractivity contribution >= 4 is 29.6 Å². The molecule has 2 aromatic rings. The molecule has 174 valence electrons. The third kappa shape index (κ3) is 6.90. The fraction of sp³-hybridized carbons (Fsp3) is 0.360. The van der Waals surface area contributed by atoms with Gasteiger partial charge in [-0.15, -0.1) is 0 Å². The molecule has 0 aliphatic carbocycles. The van der Waals surface area contributed by atoms with Crippen molar-refractivity contribution < 1.29 is 19.1 Å². The number of rotatable bonds is 7. The van der Waals surface area contributed by atoms with E-state index in [0.717, 1.165) is 16.9 Å². The lowest BCUT2D eigenvalue weighted by atomic mass is 9.95. The Labute approximate surface area is 194 Å². The van der Waals surface area contributed by atoms with Crippen LogP contribution in [-0.4, -0.2) is 53.8 Å². The predicted molar refractivity (Wildman–Crippen MR) is 127 cm³/mol. The zero-order valence-electron chi connectivity index (χ0n) is 19.2. The standard InChI is InChI=1S/C25H30N4O4/c1-17-4-10-22(26-16-17)28-24(31)20-12-14-29(15-13-20)25(32)18(2)27-23(30)11-7-19-5-8-21(33-3)9-6-19/h4-11,16,18,20H,12-15H2,1-3H3,(H,27,30)(H,26,28,31). The van der Waals surface area contributed by atoms with Crippen molar-refractivity contribution in [3.63, 3.8) is 0 Å². The second kappa shape index (κ2) is 11.3. The minimum atomic E-state index is -0.653. The minimum absolute atomic E-state index is 0.0801. The molecule has 1 aliphatic heterocycles. The fourth-order valence-corrected chi connectivity index (χ4v) is 3.62. The van der Waals surface area contributed by atoms with Crippen LogP contribution in [0, 0.1) is 12.8 Å². The molecule has 3 amide bonds. The van der Waals surface area contributed by atoms with Crippen molar-refractivity contribution in [2.24, 2.45) is 5.92 Å². The quantitative estimate of drug-likeness (QED) is 0.632. The number of hydrogen-bond acceptors (Lipinski definition) is 5. The monoisotopic (exact) mass is 450 g/mol. The van der Waals surface area contributed by atoms with Crippen LogP contribution in [-0.2, 0) is 14.4 Å². The molecule has 1 aliphatic rings. The maximum absolute atomic E-state index is 12.7. The number of ether oxygens (including phenoxy) is 1. The van der Waals surface area contributed by atoms with E-state index in [4.69, 9.17) is 4.74 Å². The molecule has 1 fully saturated rings. The number of methoxy groups -OCH3 is 1. The van der Waals surface area contributed by atoms with Gasteiger partial charge in [-0.1, -0.05) is 18.2 Å². The normalized spacial score (nSPS) is 15.2. The highest BCUT2D eigenvalue weighted by molar-refractivity contribution is 5.95. The molecule has 0 bridgehead atoms. The maximum Gasteiger partial charge on any atom is 0.244 e. The van der Waals surface area contributed by atoms with Gasteiger partial charge in [-0.2, -0.15) is 0 Å². The summed E-state index contributed by atoms with van der Waals surface area (Å²) in [4.78, 5) is 43.4. The average molecular weight is 451 g/mol. The van der Waals surface area contributed by atoms with E-state index in [0.29, 0.717) is 31.7 Å². The summed E-state index contributed by atoms with van der Waals surface area (Å²) < 4.78 is 5.11. The second-order valence-corrected chi connectivity index (χ2v) is 8.15. The number of piperidine rings is 1. The second-order valence-electron chi connectivity index (χ2n) is 8.15. The molecule has 8 heteroatoms. The first-order valence-electron chi connectivity index (χ1n) is 11.0. The molecular formula is C25H30N4O4. The molecule has 2 heterocycles. The van der Waals surface area contributed by atoms with Gasteiger partial charge in [0.15, 0.2) is 0 Å². The van der Waals surface area contributed by atoms with Gasteiger partial charge in [-0.05, 0) is 62.1 Å². The molecule has 3 rings (SSSR count). The molecule has 1 saturated heterocycles. The Morgan fingerprint density at radius 3 is 2.42 bits per heavy atom. The third-order valence-corrected chi connectivity index (χ3v) is 5.61. The molecule has 8 nitrogen and oxygen atoms in total. The Kier molecular flexibility index (Phi) is 8.18. The third-order valence-electron chi connectivity index (χ3n) is 5.61. The Morgan fingerprint density at radius 1 is 1.12 bits per heavy atom. The SMILES string of the molecule is COc1ccc(C=CC(=O)NC(C)C(=O)N2CCC(C(=O)Nc3ccc(C)cn3)CC2)cc1. The number of amides is 3. The summed E-state index contributed by atoms with van der Waals surface area (Å²) in [6.45, 7) is 4.55. The van der Waals surface area contributed by atoms with Crippen LogP contribution < -0.4 is 15.4 Å². The van der Waals surface area contributed by atoms with Gasteiger partial charge in [0.05, 0.1) is 7.11 Å². The lowest BCUT2D eigenvalue weighted by Gasteiger charge is -2.33. The van der Waals surface area contributed by atoms with Crippen LogP contribution in [0.1, 0.15) is 30.9 Å². The summed E-state index contributed by atoms with van der Waals surface area (Å²) in [6.07, 6.45) is 5.93. The van der Waals surface area contributed by atoms with Crippen LogP contribution in [0.25, 0.3) is 6.08 Å². The molecular weight excluding hydrogens is 420 g/mol. The number of aromatic nitrogens is 1. The van der Waals surface area contributed by atoms with E-state index in [9.17, 15) is 14.4 Å². The number of carbonyl (C=O) groups excluding carboxylic acids is 3. The first kappa shape index (κ1) is 24.0. The highest BCUT2D eigenvalue weighted by atomic mass is 16.5. The molecule has 0 saturated carbocycles. The van der Waals surface area contributed by atoms with Crippen molar-refractivity contribution in [1.82, 2.24) is 15.2 Å². The van der Waals surface area contributed by atoms with E-state index in [1.165, 1.54) is 6.08 Å². The van der Waals surface area contributed by atoms with Gasteiger partial charge in [0.1, 0.15) is 17.6 Å². The van der Waals surface area contributed by atoms with Gasteiger partial charge in [-0.25, -0.2) is 4.98 Å². The summed E-state index contributed by atoms with van der Waals surface area (Å²) in [5.41, 5.74) is 1.88. The van der Waals surface area contributed by atoms with Crippen molar-refractivity contribution in [2.75, 3.05) is 25.5 Å². The molecule has 1 aromatic heterocycles. The van der Waals surface area contributed by atoms with E-state index in [-0.39, 0.29) is 23.6 Å². The number of carbonyl (C=O) groups is 3. The summed E-state index contributed by atoms with van der Waals surface area (Å²) in [7, 11) is 1.59. The van der Waals surface area contributed by atoms with E-state index in [2.05, 4.69) is 15.6 Å². The molecule has 0 radical (unpaired) electrons. The van der Waals surface area contributed by atoms with E-state index < -0.39 is 6.04 Å². The van der Waals surface area contributed by atoms with Crippen molar-refractivity contribution in [2.45, 2.75) is 32.7 Å². The predicted octanol–water partition coefficient (Wildman–Crippen LogP) is 2.79. The number of aryl methyl sites for hydroxylation is 1. The number of nitrogens with one attached hydrogen (secondary N) is 2. The molecule has 1 atom stereocenters. The summed E-state index contributed by atoms with van der Waals surface area (Å²) >= 11 is 0.